The van der Waals surface area contributed by atoms with Crippen molar-refractivity contribution in [2.45, 2.75) is 19.4 Å². The molecule has 0 aliphatic carbocycles. The molecule has 0 atom stereocenters. The monoisotopic (exact) mass is 336 g/mol. The Hall–Kier alpha value is -3.08. The van der Waals surface area contributed by atoms with Gasteiger partial charge in [0.05, 0.1) is 29.0 Å². The summed E-state index contributed by atoms with van der Waals surface area (Å²) in [6.45, 7) is 3.82. The second-order valence-corrected chi connectivity index (χ2v) is 6.50. The highest BCUT2D eigenvalue weighted by Crippen LogP contribution is 2.38. The van der Waals surface area contributed by atoms with Crippen LogP contribution < -0.4 is 10.2 Å². The van der Waals surface area contributed by atoms with Crippen molar-refractivity contribution in [3.8, 4) is 5.75 Å². The van der Waals surface area contributed by atoms with Gasteiger partial charge in [-0.1, -0.05) is 12.1 Å². The van der Waals surface area contributed by atoms with E-state index in [4.69, 9.17) is 13.9 Å². The number of rotatable bonds is 1. The first-order valence-electron chi connectivity index (χ1n) is 7.90. The van der Waals surface area contributed by atoms with Crippen LogP contribution in [-0.2, 0) is 4.74 Å². The molecule has 126 valence electrons. The van der Waals surface area contributed by atoms with E-state index in [9.17, 15) is 9.59 Å². The highest BCUT2D eigenvalue weighted by atomic mass is 16.5. The van der Waals surface area contributed by atoms with Gasteiger partial charge >= 0.3 is 5.97 Å². The molecule has 0 radical (unpaired) electrons. The number of fused-ring (bicyclic) bond motifs is 4. The summed E-state index contributed by atoms with van der Waals surface area (Å²) >= 11 is 0. The fraction of sp³-hybridized carbons (Fsp3) is 0.200. The number of hydrogen-bond acceptors (Lipinski definition) is 5. The Labute approximate surface area is 143 Å². The fourth-order valence-electron chi connectivity index (χ4n) is 3.08. The summed E-state index contributed by atoms with van der Waals surface area (Å²) in [6.07, 6.45) is 3.75. The lowest BCUT2D eigenvalue weighted by atomic mass is 9.97. The maximum atomic E-state index is 13.0. The molecule has 0 saturated heterocycles. The predicted molar refractivity (Wildman–Crippen MR) is 95.1 cm³/mol. The van der Waals surface area contributed by atoms with Gasteiger partial charge in [-0.25, -0.2) is 4.79 Å². The van der Waals surface area contributed by atoms with Crippen molar-refractivity contribution in [3.05, 3.63) is 57.8 Å². The smallest absolute Gasteiger partial charge is 0.338 e. The first kappa shape index (κ1) is 15.4. The van der Waals surface area contributed by atoms with E-state index in [1.54, 1.807) is 30.3 Å². The number of benzene rings is 2. The molecule has 0 bridgehead atoms. The van der Waals surface area contributed by atoms with Crippen molar-refractivity contribution >= 4 is 34.0 Å². The van der Waals surface area contributed by atoms with Crippen molar-refractivity contribution in [1.82, 2.24) is 0 Å². The van der Waals surface area contributed by atoms with Crippen molar-refractivity contribution in [2.24, 2.45) is 0 Å². The Morgan fingerprint density at radius 2 is 1.96 bits per heavy atom. The highest BCUT2D eigenvalue weighted by Gasteiger charge is 2.28. The van der Waals surface area contributed by atoms with Gasteiger partial charge in [0.15, 0.2) is 0 Å². The lowest BCUT2D eigenvalue weighted by Crippen LogP contribution is -2.28. The third-order valence-corrected chi connectivity index (χ3v) is 4.28. The highest BCUT2D eigenvalue weighted by molar-refractivity contribution is 6.08. The van der Waals surface area contributed by atoms with Gasteiger partial charge < -0.3 is 13.9 Å². The Morgan fingerprint density at radius 3 is 2.72 bits per heavy atom. The molecule has 1 aliphatic rings. The normalized spacial score (nSPS) is 15.0. The van der Waals surface area contributed by atoms with Gasteiger partial charge in [-0.05, 0) is 44.2 Å². The summed E-state index contributed by atoms with van der Waals surface area (Å²) in [7, 11) is 1.28. The van der Waals surface area contributed by atoms with Gasteiger partial charge in [0.2, 0.25) is 5.43 Å². The summed E-state index contributed by atoms with van der Waals surface area (Å²) in [4.78, 5) is 25.3. The zero-order valence-corrected chi connectivity index (χ0v) is 14.1. The quantitative estimate of drug-likeness (QED) is 0.498. The number of hydrogen-bond donors (Lipinski definition) is 0. The SMILES string of the molecule is COC(=O)c1cc2c(c3oc4ccccc4c(=O)c13)C=CC(C)(C)O2. The maximum absolute atomic E-state index is 13.0. The van der Waals surface area contributed by atoms with Crippen molar-refractivity contribution < 1.29 is 18.7 Å². The molecule has 0 unspecified atom stereocenters. The molecule has 0 saturated carbocycles. The predicted octanol–water partition coefficient (Wildman–Crippen LogP) is 3.92. The van der Waals surface area contributed by atoms with Crippen LogP contribution in [0.1, 0.15) is 29.8 Å². The topological polar surface area (TPSA) is 65.7 Å². The Bertz CT molecular complexity index is 1120. The van der Waals surface area contributed by atoms with Gasteiger partial charge in [0.25, 0.3) is 0 Å². The number of esters is 1. The third kappa shape index (κ3) is 2.31. The van der Waals surface area contributed by atoms with E-state index in [2.05, 4.69) is 0 Å². The average molecular weight is 336 g/mol. The van der Waals surface area contributed by atoms with E-state index in [1.165, 1.54) is 7.11 Å². The molecule has 2 heterocycles. The van der Waals surface area contributed by atoms with Crippen LogP contribution in [0.2, 0.25) is 0 Å². The van der Waals surface area contributed by atoms with Crippen molar-refractivity contribution in [1.29, 1.82) is 0 Å². The lowest BCUT2D eigenvalue weighted by molar-refractivity contribution is 0.0601. The minimum absolute atomic E-state index is 0.141. The lowest BCUT2D eigenvalue weighted by Gasteiger charge is -2.28. The van der Waals surface area contributed by atoms with E-state index in [1.807, 2.05) is 26.0 Å². The minimum Gasteiger partial charge on any atom is -0.483 e. The Balaban J connectivity index is 2.21. The maximum Gasteiger partial charge on any atom is 0.338 e. The first-order valence-corrected chi connectivity index (χ1v) is 7.90. The molecule has 1 aliphatic heterocycles. The Kier molecular flexibility index (Phi) is 3.22. The largest absolute Gasteiger partial charge is 0.483 e. The zero-order valence-electron chi connectivity index (χ0n) is 14.1. The summed E-state index contributed by atoms with van der Waals surface area (Å²) < 4.78 is 16.8. The molecule has 25 heavy (non-hydrogen) atoms. The molecule has 2 aromatic carbocycles. The second-order valence-electron chi connectivity index (χ2n) is 6.50. The summed E-state index contributed by atoms with van der Waals surface area (Å²) in [5.74, 6) is -0.120. The molecule has 3 aromatic rings. The molecule has 1 aromatic heterocycles. The van der Waals surface area contributed by atoms with Crippen LogP contribution in [0.15, 0.2) is 45.6 Å². The standard InChI is InChI=1S/C20H16O5/c1-20(2)9-8-12-15(25-20)10-13(19(22)23-3)16-17(21)11-6-4-5-7-14(11)24-18(12)16/h4-10H,1-3H3. The average Bonchev–Trinajstić information content (AvgIpc) is 2.59. The summed E-state index contributed by atoms with van der Waals surface area (Å²) in [6, 6.07) is 8.51. The van der Waals surface area contributed by atoms with E-state index in [0.29, 0.717) is 27.9 Å². The molecular weight excluding hydrogens is 320 g/mol. The number of methoxy groups -OCH3 is 1. The third-order valence-electron chi connectivity index (χ3n) is 4.28. The summed E-state index contributed by atoms with van der Waals surface area (Å²) in [5, 5.41) is 0.624. The van der Waals surface area contributed by atoms with Crippen LogP contribution >= 0.6 is 0 Å². The Morgan fingerprint density at radius 1 is 1.20 bits per heavy atom. The van der Waals surface area contributed by atoms with Crippen LogP contribution in [0.3, 0.4) is 0 Å². The van der Waals surface area contributed by atoms with Gasteiger partial charge in [-0.15, -0.1) is 0 Å². The first-order chi connectivity index (χ1) is 11.9. The van der Waals surface area contributed by atoms with Crippen LogP contribution in [0.25, 0.3) is 28.0 Å². The molecule has 4 rings (SSSR count). The van der Waals surface area contributed by atoms with Gasteiger partial charge in [-0.3, -0.25) is 4.79 Å². The number of para-hydroxylation sites is 1. The molecule has 0 fully saturated rings. The molecule has 0 N–H and O–H groups in total. The van der Waals surface area contributed by atoms with Crippen LogP contribution in [0, 0.1) is 0 Å². The zero-order chi connectivity index (χ0) is 17.8. The molecule has 0 amide bonds. The van der Waals surface area contributed by atoms with E-state index in [-0.39, 0.29) is 16.4 Å². The van der Waals surface area contributed by atoms with Gasteiger partial charge in [-0.2, -0.15) is 0 Å². The molecule has 0 spiro atoms. The summed E-state index contributed by atoms with van der Waals surface area (Å²) in [5.41, 5.74) is 0.784. The molecule has 5 nitrogen and oxygen atoms in total. The minimum atomic E-state index is -0.605. The number of ether oxygens (including phenoxy) is 2. The second kappa shape index (κ2) is 5.21. The fourth-order valence-corrected chi connectivity index (χ4v) is 3.08. The molecular formula is C20H16O5. The van der Waals surface area contributed by atoms with Crippen LogP contribution in [0.4, 0.5) is 0 Å². The van der Waals surface area contributed by atoms with Crippen LogP contribution in [-0.4, -0.2) is 18.7 Å². The molecule has 5 heteroatoms. The van der Waals surface area contributed by atoms with Crippen molar-refractivity contribution in [3.63, 3.8) is 0 Å². The van der Waals surface area contributed by atoms with Crippen molar-refractivity contribution in [2.75, 3.05) is 7.11 Å². The number of carbonyl (C=O) groups excluding carboxylic acids is 1. The van der Waals surface area contributed by atoms with E-state index >= 15 is 0 Å². The van der Waals surface area contributed by atoms with E-state index in [0.717, 1.165) is 0 Å². The van der Waals surface area contributed by atoms with Crippen LogP contribution in [0.5, 0.6) is 5.75 Å². The van der Waals surface area contributed by atoms with Gasteiger partial charge in [0, 0.05) is 0 Å². The number of carbonyl (C=O) groups is 1. The van der Waals surface area contributed by atoms with Gasteiger partial charge in [0.1, 0.15) is 22.5 Å². The van der Waals surface area contributed by atoms with E-state index < -0.39 is 11.6 Å².